The molecule has 0 spiro atoms. The molecule has 84 heavy (non-hydrogen) atoms. The van der Waals surface area contributed by atoms with Crippen LogP contribution in [0.25, 0.3) is 66.1 Å². The number of hydrogen-bond acceptors (Lipinski definition) is 2. The summed E-state index contributed by atoms with van der Waals surface area (Å²) in [6.07, 6.45) is 0. The van der Waals surface area contributed by atoms with E-state index in [2.05, 4.69) is 328 Å². The maximum atomic E-state index is 14.4. The van der Waals surface area contributed by atoms with Gasteiger partial charge in [0.2, 0.25) is 0 Å². The van der Waals surface area contributed by atoms with Crippen LogP contribution < -0.4 is 27.4 Å². The molecule has 0 unspecified atom stereocenters. The molecule has 0 atom stereocenters. The summed E-state index contributed by atoms with van der Waals surface area (Å²) in [5.41, 5.74) is 14.9. The molecule has 0 amide bonds. The molecular weight excluding hydrogens is 1080 g/mol. The minimum absolute atomic E-state index is 0.261. The van der Waals surface area contributed by atoms with Gasteiger partial charge in [-0.2, -0.15) is 0 Å². The van der Waals surface area contributed by atoms with Crippen LogP contribution in [-0.4, -0.2) is 22.4 Å². The van der Waals surface area contributed by atoms with Gasteiger partial charge in [-0.1, -0.05) is 60.7 Å². The minimum atomic E-state index is -3.48. The summed E-state index contributed by atoms with van der Waals surface area (Å²) in [5, 5.41) is 4.52. The molecule has 13 aromatic carbocycles. The van der Waals surface area contributed by atoms with E-state index in [1.165, 1.54) is 29.7 Å². The van der Waals surface area contributed by atoms with Gasteiger partial charge in [-0.05, 0) is 97.1 Å². The van der Waals surface area contributed by atoms with E-state index in [-0.39, 0.29) is 5.82 Å². The number of para-hydroxylation sites is 4. The van der Waals surface area contributed by atoms with Crippen molar-refractivity contribution in [3.63, 3.8) is 0 Å². The summed E-state index contributed by atoms with van der Waals surface area (Å²) in [6, 6.07) is 120. The van der Waals surface area contributed by atoms with Crippen molar-refractivity contribution in [3.8, 4) is 22.5 Å². The zero-order valence-electron chi connectivity index (χ0n) is 45.9. The van der Waals surface area contributed by atoms with Crippen LogP contribution in [0.15, 0.2) is 334 Å². The molecule has 0 bridgehead atoms. The summed E-state index contributed by atoms with van der Waals surface area (Å²) in [4.78, 5) is 4.69. The molecule has 15 rings (SSSR count). The van der Waals surface area contributed by atoms with Gasteiger partial charge < -0.3 is 9.47 Å². The van der Waals surface area contributed by atoms with Crippen LogP contribution in [0.2, 0.25) is 0 Å². The molecule has 4 nitrogen and oxygen atoms in total. The topological polar surface area (TPSA) is 16.3 Å². The number of aromatic nitrogens is 2. The Hall–Kier alpha value is -10.5. The molecule has 0 aliphatic carbocycles. The Morgan fingerprint density at radius 1 is 0.238 bits per heavy atom. The summed E-state index contributed by atoms with van der Waals surface area (Å²) < 4.78 is 24.6. The first-order chi connectivity index (χ1) is 41.6. The molecule has 0 radical (unpaired) electrons. The number of nitrogens with zero attached hydrogens (tertiary/aromatic N) is 4. The van der Waals surface area contributed by atoms with E-state index in [9.17, 15) is 4.39 Å². The summed E-state index contributed by atoms with van der Waals surface area (Å²) >= 11 is -3.48. The molecule has 2 aromatic heterocycles. The molecule has 0 saturated carbocycles. The number of halogens is 1. The molecule has 6 heteroatoms. The van der Waals surface area contributed by atoms with Crippen LogP contribution in [-0.2, 0) is 0 Å². The Bertz CT molecular complexity index is 4670. The van der Waals surface area contributed by atoms with Gasteiger partial charge in [-0.3, -0.25) is 0 Å². The number of benzene rings is 13. The second-order valence-corrected chi connectivity index (χ2v) is 29.4. The number of hydrogen-bond donors (Lipinski definition) is 0. The predicted molar refractivity (Wildman–Crippen MR) is 353 cm³/mol. The van der Waals surface area contributed by atoms with Crippen molar-refractivity contribution in [1.82, 2.24) is 9.13 Å². The maximum absolute atomic E-state index is 14.4. The Kier molecular flexibility index (Phi) is 12.9. The fourth-order valence-corrected chi connectivity index (χ4v) is 22.9. The van der Waals surface area contributed by atoms with Gasteiger partial charge in [0.1, 0.15) is 5.82 Å². The van der Waals surface area contributed by atoms with Crippen LogP contribution in [0.5, 0.6) is 0 Å². The molecule has 398 valence electrons. The molecule has 0 aliphatic rings. The fourth-order valence-electron chi connectivity index (χ4n) is 12.9. The van der Waals surface area contributed by atoms with Crippen LogP contribution in [0.4, 0.5) is 38.5 Å². The molecule has 0 fully saturated rings. The van der Waals surface area contributed by atoms with Crippen molar-refractivity contribution in [3.05, 3.63) is 339 Å². The number of rotatable bonds is 13. The summed E-state index contributed by atoms with van der Waals surface area (Å²) in [7, 11) is 0. The number of fused-ring (bicyclic) bond motifs is 6. The molecule has 0 aliphatic heterocycles. The third-order valence-corrected chi connectivity index (χ3v) is 26.8. The van der Waals surface area contributed by atoms with Crippen molar-refractivity contribution in [1.29, 1.82) is 0 Å². The van der Waals surface area contributed by atoms with E-state index in [1.807, 2.05) is 12.1 Å². The van der Waals surface area contributed by atoms with Gasteiger partial charge in [-0.25, -0.2) is 4.39 Å². The second kappa shape index (κ2) is 21.5. The summed E-state index contributed by atoms with van der Waals surface area (Å²) in [6.45, 7) is 0. The fraction of sp³-hybridized carbons (Fsp3) is 0. The van der Waals surface area contributed by atoms with Gasteiger partial charge in [-0.15, -0.1) is 0 Å². The molecule has 15 aromatic rings. The monoisotopic (exact) mass is 1140 g/mol. The van der Waals surface area contributed by atoms with E-state index in [1.54, 1.807) is 0 Å². The third kappa shape index (κ3) is 8.76. The molecule has 2 heterocycles. The first-order valence-corrected chi connectivity index (χ1v) is 32.8. The maximum Gasteiger partial charge on any atom is 0.0542 e. The van der Waals surface area contributed by atoms with Crippen molar-refractivity contribution in [2.75, 3.05) is 9.80 Å². The van der Waals surface area contributed by atoms with Crippen LogP contribution in [0.1, 0.15) is 0 Å². The van der Waals surface area contributed by atoms with Gasteiger partial charge in [0.15, 0.2) is 0 Å². The van der Waals surface area contributed by atoms with Crippen LogP contribution >= 0.6 is 0 Å². The van der Waals surface area contributed by atoms with Crippen molar-refractivity contribution >= 4 is 109 Å². The molecular formula is C78H55FGeN4. The largest absolute Gasteiger partial charge is 0.0542 e. The Labute approximate surface area is 490 Å². The smallest absolute Gasteiger partial charge is 0.0359 e. The van der Waals surface area contributed by atoms with Gasteiger partial charge in [0.05, 0.1) is 11.0 Å². The molecule has 0 saturated heterocycles. The van der Waals surface area contributed by atoms with Gasteiger partial charge in [0.25, 0.3) is 0 Å². The van der Waals surface area contributed by atoms with Crippen molar-refractivity contribution < 1.29 is 4.39 Å². The van der Waals surface area contributed by atoms with Crippen LogP contribution in [0.3, 0.4) is 0 Å². The average molecular weight is 1140 g/mol. The predicted octanol–water partition coefficient (Wildman–Crippen LogP) is 18.0. The summed E-state index contributed by atoms with van der Waals surface area (Å²) in [5.74, 6) is -0.261. The van der Waals surface area contributed by atoms with Crippen molar-refractivity contribution in [2.24, 2.45) is 0 Å². The van der Waals surface area contributed by atoms with Gasteiger partial charge in [0, 0.05) is 33.5 Å². The number of anilines is 6. The Morgan fingerprint density at radius 2 is 0.571 bits per heavy atom. The SMILES string of the molecule is Fc1ccc(-n2c3ccccc3c3cc(N(c4ccc(N(c5ccccc5)c5ccccc5)cc4)c4ccc5c(c4)c4cc(-c6cc[c]([Ge]([c]7ccccc7)([c]7ccccc7)[c]7ccccc7)cc6)ccc4n5-c4ccccc4)ccc32)cc1. The van der Waals surface area contributed by atoms with E-state index < -0.39 is 13.3 Å². The standard InChI is InChI=1S/C78H55FGeN4/c79-58-38-42-68(43-39-58)84-75-34-20-19-33-71(75)73-54-69(48-51-77(73)84)82(67-46-44-66(45-47-67)81(63-27-13-4-14-28-63)64-29-15-5-16-30-64)70-49-52-78-74(55-70)72-53-57(37-50-76(72)83(78)65-31-17-6-18-32-65)56-35-40-62(41-36-56)80(59-21-7-1-8-22-59,60-23-9-2-10-24-60)61-25-11-3-12-26-61/h1-55H. The zero-order chi connectivity index (χ0) is 56.0. The van der Waals surface area contributed by atoms with E-state index in [0.717, 1.165) is 100 Å². The van der Waals surface area contributed by atoms with E-state index >= 15 is 0 Å². The second-order valence-electron chi connectivity index (χ2n) is 21.4. The van der Waals surface area contributed by atoms with E-state index in [4.69, 9.17) is 0 Å². The first-order valence-electron chi connectivity index (χ1n) is 28.6. The Morgan fingerprint density at radius 3 is 1.07 bits per heavy atom. The van der Waals surface area contributed by atoms with Crippen LogP contribution in [0, 0.1) is 5.82 Å². The average Bonchev–Trinajstić information content (AvgIpc) is 3.47. The zero-order valence-corrected chi connectivity index (χ0v) is 48.0. The third-order valence-electron chi connectivity index (χ3n) is 16.7. The normalized spacial score (nSPS) is 11.6. The van der Waals surface area contributed by atoms with E-state index in [0.29, 0.717) is 0 Å². The quantitative estimate of drug-likeness (QED) is 0.107. The Balaban J connectivity index is 0.910. The first kappa shape index (κ1) is 50.5. The minimum Gasteiger partial charge on any atom is -0.0359 e. The molecule has 0 N–H and O–H groups in total. The van der Waals surface area contributed by atoms with Gasteiger partial charge >= 0.3 is 272 Å². The van der Waals surface area contributed by atoms with Crippen molar-refractivity contribution in [2.45, 2.75) is 0 Å².